The number of imide groups is 1. The van der Waals surface area contributed by atoms with Gasteiger partial charge in [-0.3, -0.25) is 34.4 Å². The molecular weight excluding hydrogens is 761 g/mol. The van der Waals surface area contributed by atoms with Gasteiger partial charge in [-0.25, -0.2) is 0 Å². The van der Waals surface area contributed by atoms with Crippen LogP contribution in [-0.4, -0.2) is 74.0 Å². The van der Waals surface area contributed by atoms with Crippen molar-refractivity contribution in [2.24, 2.45) is 5.92 Å². The lowest BCUT2D eigenvalue weighted by Crippen LogP contribution is -2.52. The van der Waals surface area contributed by atoms with E-state index >= 15 is 0 Å². The van der Waals surface area contributed by atoms with Gasteiger partial charge >= 0.3 is 0 Å². The Morgan fingerprint density at radius 2 is 1.75 bits per heavy atom. The molecule has 2 unspecified atom stereocenters. The first-order chi connectivity index (χ1) is 28.7. The summed E-state index contributed by atoms with van der Waals surface area (Å²) in [7, 11) is 0. The maximum atomic E-state index is 13.2. The van der Waals surface area contributed by atoms with E-state index < -0.39 is 6.04 Å². The van der Waals surface area contributed by atoms with Gasteiger partial charge in [-0.1, -0.05) is 56.9 Å². The highest BCUT2D eigenvalue weighted by Gasteiger charge is 2.44. The van der Waals surface area contributed by atoms with Gasteiger partial charge in [-0.15, -0.1) is 11.8 Å². The molecule has 2 saturated heterocycles. The molecular formula is C47H54N6O5S. The van der Waals surface area contributed by atoms with Crippen molar-refractivity contribution in [1.82, 2.24) is 20.1 Å². The van der Waals surface area contributed by atoms with Gasteiger partial charge in [0.1, 0.15) is 6.04 Å². The molecule has 0 radical (unpaired) electrons. The fourth-order valence-electron chi connectivity index (χ4n) is 9.43. The first kappa shape index (κ1) is 40.7. The summed E-state index contributed by atoms with van der Waals surface area (Å²) in [4.78, 5) is 59.8. The van der Waals surface area contributed by atoms with Crippen LogP contribution < -0.4 is 16.0 Å². The van der Waals surface area contributed by atoms with Crippen LogP contribution in [0.15, 0.2) is 90.1 Å². The number of thioether (sulfide) groups is 1. The molecule has 0 bridgehead atoms. The summed E-state index contributed by atoms with van der Waals surface area (Å²) in [6.07, 6.45) is 12.0. The average Bonchev–Trinajstić information content (AvgIpc) is 3.81. The Morgan fingerprint density at radius 1 is 0.949 bits per heavy atom. The van der Waals surface area contributed by atoms with Crippen LogP contribution >= 0.6 is 11.8 Å². The molecule has 0 saturated carbocycles. The molecule has 5 atom stereocenters. The number of unbranched alkanes of at least 4 members (excludes halogenated alkanes) is 4. The van der Waals surface area contributed by atoms with Gasteiger partial charge in [0.05, 0.1) is 12.6 Å². The summed E-state index contributed by atoms with van der Waals surface area (Å²) >= 11 is 1.78. The summed E-state index contributed by atoms with van der Waals surface area (Å²) < 4.78 is 0. The molecule has 4 N–H and O–H groups in total. The van der Waals surface area contributed by atoms with E-state index in [2.05, 4.69) is 81.3 Å². The van der Waals surface area contributed by atoms with Crippen LogP contribution in [0.25, 0.3) is 11.1 Å². The van der Waals surface area contributed by atoms with Crippen molar-refractivity contribution in [2.75, 3.05) is 23.8 Å². The monoisotopic (exact) mass is 814 g/mol. The predicted molar refractivity (Wildman–Crippen MR) is 231 cm³/mol. The van der Waals surface area contributed by atoms with Gasteiger partial charge in [-0.05, 0) is 109 Å². The second kappa shape index (κ2) is 18.5. The molecule has 5 heterocycles. The number of aliphatic hydroxyl groups is 1. The quantitative estimate of drug-likeness (QED) is 0.0508. The molecule has 1 aromatic heterocycles. The molecule has 8 rings (SSSR count). The first-order valence-electron chi connectivity index (χ1n) is 21.2. The number of aromatic nitrogens is 1. The minimum Gasteiger partial charge on any atom is -0.394 e. The van der Waals surface area contributed by atoms with Gasteiger partial charge in [0.2, 0.25) is 17.7 Å². The van der Waals surface area contributed by atoms with Crippen molar-refractivity contribution < 1.29 is 24.3 Å². The number of carbonyl (C=O) groups is 4. The highest BCUT2D eigenvalue weighted by atomic mass is 32.2. The summed E-state index contributed by atoms with van der Waals surface area (Å²) in [6, 6.07) is 24.2. The number of amides is 4. The van der Waals surface area contributed by atoms with Crippen LogP contribution in [0, 0.1) is 5.92 Å². The van der Waals surface area contributed by atoms with Crippen molar-refractivity contribution in [2.45, 2.75) is 112 Å². The largest absolute Gasteiger partial charge is 0.394 e. The number of hydrogen-bond acceptors (Lipinski definition) is 9. The Balaban J connectivity index is 0.780. The molecule has 2 fully saturated rings. The van der Waals surface area contributed by atoms with Crippen LogP contribution in [0.3, 0.4) is 0 Å². The second-order valence-electron chi connectivity index (χ2n) is 16.5. The molecule has 0 spiro atoms. The standard InChI is InChI=1S/C47H54N6O5S/c1-30(59-42-13-8-12-35-38(42)28-53(47(35)58)41-17-18-44(56)51-46(41)57)9-5-3-2-4-6-14-43(55)49-34-11-7-10-32(25-34)33-15-16-39-37(26-33)45-36(40(29-54)50-39)21-24-52(45)27-31-19-22-48-23-20-31/h7-8,10-13,15-16,19-20,22-23,25-26,30,36,40-41,45,50,54H,2-6,9,14,17-18,21,24,27-29H2,1H3,(H,49,55)(H,51,56,57)/t30?,36-,40-,41?,45-/m1/s1. The number of carbonyl (C=O) groups excluding carboxylic acids is 4. The SMILES string of the molecule is CC(CCCCCCCC(=O)Nc1cccc(-c2ccc3c(c2)[C@H]2[C@H](CCN2Cc2ccncc2)[C@@H](CO)N3)c1)Sc1cccc2c1CN(C1CCC(=O)NC1=O)C2=O. The zero-order valence-corrected chi connectivity index (χ0v) is 34.5. The Kier molecular flexibility index (Phi) is 12.8. The third-order valence-electron chi connectivity index (χ3n) is 12.5. The second-order valence-corrected chi connectivity index (χ2v) is 18.0. The summed E-state index contributed by atoms with van der Waals surface area (Å²) in [5, 5.41) is 19.8. The number of benzene rings is 3. The van der Waals surface area contributed by atoms with E-state index in [-0.39, 0.29) is 48.7 Å². The zero-order chi connectivity index (χ0) is 40.9. The number of aliphatic hydroxyl groups excluding tert-OH is 1. The summed E-state index contributed by atoms with van der Waals surface area (Å²) in [5.41, 5.74) is 8.14. The highest BCUT2D eigenvalue weighted by molar-refractivity contribution is 8.00. The molecule has 0 aliphatic carbocycles. The predicted octanol–water partition coefficient (Wildman–Crippen LogP) is 7.71. The van der Waals surface area contributed by atoms with E-state index in [4.69, 9.17) is 0 Å². The fraction of sp³-hybridized carbons (Fsp3) is 0.426. The Hall–Kier alpha value is -5.04. The molecule has 308 valence electrons. The van der Waals surface area contributed by atoms with E-state index in [1.54, 1.807) is 16.7 Å². The van der Waals surface area contributed by atoms with Gasteiger partial charge < -0.3 is 20.6 Å². The summed E-state index contributed by atoms with van der Waals surface area (Å²) in [5.74, 6) is -0.462. The van der Waals surface area contributed by atoms with Crippen molar-refractivity contribution in [3.05, 3.63) is 107 Å². The highest BCUT2D eigenvalue weighted by Crippen LogP contribution is 2.48. The minimum atomic E-state index is -0.608. The molecule has 59 heavy (non-hydrogen) atoms. The minimum absolute atomic E-state index is 0.0209. The van der Waals surface area contributed by atoms with Crippen molar-refractivity contribution in [3.63, 3.8) is 0 Å². The van der Waals surface area contributed by atoms with Crippen molar-refractivity contribution in [1.29, 1.82) is 0 Å². The smallest absolute Gasteiger partial charge is 0.255 e. The third kappa shape index (κ3) is 9.25. The average molecular weight is 815 g/mol. The molecule has 3 aromatic carbocycles. The molecule has 4 aromatic rings. The topological polar surface area (TPSA) is 144 Å². The van der Waals surface area contributed by atoms with Crippen LogP contribution in [0.4, 0.5) is 11.4 Å². The van der Waals surface area contributed by atoms with E-state index in [0.29, 0.717) is 36.1 Å². The number of pyridine rings is 1. The number of likely N-dealkylation sites (tertiary alicyclic amines) is 1. The Bertz CT molecular complexity index is 2180. The van der Waals surface area contributed by atoms with Crippen LogP contribution in [-0.2, 0) is 27.5 Å². The lowest BCUT2D eigenvalue weighted by atomic mass is 9.82. The molecule has 4 aliphatic heterocycles. The van der Waals surface area contributed by atoms with E-state index in [1.165, 1.54) is 11.1 Å². The number of hydrogen-bond donors (Lipinski definition) is 4. The zero-order valence-electron chi connectivity index (χ0n) is 33.7. The van der Waals surface area contributed by atoms with Crippen molar-refractivity contribution >= 4 is 46.8 Å². The number of piperidine rings is 1. The van der Waals surface area contributed by atoms with Crippen LogP contribution in [0.2, 0.25) is 0 Å². The molecule has 11 nitrogen and oxygen atoms in total. The normalized spacial score (nSPS) is 21.7. The van der Waals surface area contributed by atoms with Crippen LogP contribution in [0.5, 0.6) is 0 Å². The van der Waals surface area contributed by atoms with Crippen LogP contribution in [0.1, 0.15) is 104 Å². The molecule has 4 amide bonds. The van der Waals surface area contributed by atoms with Crippen molar-refractivity contribution in [3.8, 4) is 11.1 Å². The number of nitrogens with one attached hydrogen (secondary N) is 3. The number of anilines is 2. The maximum absolute atomic E-state index is 13.2. The fourth-order valence-corrected chi connectivity index (χ4v) is 10.6. The number of rotatable bonds is 16. The van der Waals surface area contributed by atoms with Gasteiger partial charge in [0, 0.05) is 77.4 Å². The lowest BCUT2D eigenvalue weighted by Gasteiger charge is -2.39. The molecule has 12 heteroatoms. The number of fused-ring (bicyclic) bond motifs is 4. The maximum Gasteiger partial charge on any atom is 0.255 e. The van der Waals surface area contributed by atoms with Gasteiger partial charge in [-0.2, -0.15) is 0 Å². The third-order valence-corrected chi connectivity index (χ3v) is 13.7. The Labute approximate surface area is 350 Å². The van der Waals surface area contributed by atoms with E-state index in [0.717, 1.165) is 91.0 Å². The first-order valence-corrected chi connectivity index (χ1v) is 22.1. The van der Waals surface area contributed by atoms with Gasteiger partial charge in [0.15, 0.2) is 0 Å². The lowest BCUT2D eigenvalue weighted by molar-refractivity contribution is -0.137. The molecule has 4 aliphatic rings. The Morgan fingerprint density at radius 3 is 2.58 bits per heavy atom. The van der Waals surface area contributed by atoms with E-state index in [1.807, 2.05) is 36.7 Å². The van der Waals surface area contributed by atoms with E-state index in [9.17, 15) is 24.3 Å². The summed E-state index contributed by atoms with van der Waals surface area (Å²) in [6.45, 7) is 4.52. The van der Waals surface area contributed by atoms with Gasteiger partial charge in [0.25, 0.3) is 5.91 Å². The number of nitrogens with zero attached hydrogens (tertiary/aromatic N) is 3.